The zero-order chi connectivity index (χ0) is 14.5. The number of ether oxygens (including phenoxy) is 1. The van der Waals surface area contributed by atoms with E-state index in [2.05, 4.69) is 0 Å². The lowest BCUT2D eigenvalue weighted by Crippen LogP contribution is -2.20. The van der Waals surface area contributed by atoms with Crippen molar-refractivity contribution in [3.8, 4) is 5.75 Å². The van der Waals surface area contributed by atoms with Crippen LogP contribution in [-0.2, 0) is 9.84 Å². The Labute approximate surface area is 120 Å². The van der Waals surface area contributed by atoms with Crippen LogP contribution >= 0.6 is 11.6 Å². The zero-order valence-electron chi connectivity index (χ0n) is 11.6. The summed E-state index contributed by atoms with van der Waals surface area (Å²) in [5.74, 6) is 1.35. The predicted molar refractivity (Wildman–Crippen MR) is 78.8 cm³/mol. The molecule has 0 unspecified atom stereocenters. The van der Waals surface area contributed by atoms with Crippen LogP contribution in [0.2, 0.25) is 0 Å². The van der Waals surface area contributed by atoms with Crippen molar-refractivity contribution in [2.75, 3.05) is 18.2 Å². The molecule has 0 saturated carbocycles. The Balaban J connectivity index is 2.75. The fourth-order valence-electron chi connectivity index (χ4n) is 1.64. The lowest BCUT2D eigenvalue weighted by Gasteiger charge is -2.18. The summed E-state index contributed by atoms with van der Waals surface area (Å²) in [5, 5.41) is 0. The zero-order valence-corrected chi connectivity index (χ0v) is 13.2. The van der Waals surface area contributed by atoms with Crippen LogP contribution in [0.1, 0.15) is 27.2 Å². The molecule has 0 bridgehead atoms. The van der Waals surface area contributed by atoms with Gasteiger partial charge in [-0.25, -0.2) is 8.42 Å². The second-order valence-corrected chi connectivity index (χ2v) is 8.05. The van der Waals surface area contributed by atoms with Gasteiger partial charge in [-0.15, -0.1) is 11.6 Å². The van der Waals surface area contributed by atoms with Gasteiger partial charge >= 0.3 is 0 Å². The van der Waals surface area contributed by atoms with Crippen molar-refractivity contribution in [1.82, 2.24) is 0 Å². The van der Waals surface area contributed by atoms with Crippen LogP contribution in [0.25, 0.3) is 0 Å². The van der Waals surface area contributed by atoms with E-state index in [1.54, 1.807) is 24.3 Å². The van der Waals surface area contributed by atoms with Gasteiger partial charge in [0.1, 0.15) is 5.75 Å². The van der Waals surface area contributed by atoms with Crippen LogP contribution in [0.3, 0.4) is 0 Å². The van der Waals surface area contributed by atoms with Gasteiger partial charge in [0, 0.05) is 5.88 Å². The molecule has 0 spiro atoms. The molecule has 108 valence electrons. The number of benzene rings is 1. The van der Waals surface area contributed by atoms with Crippen molar-refractivity contribution < 1.29 is 13.2 Å². The summed E-state index contributed by atoms with van der Waals surface area (Å²) in [6.45, 7) is 6.27. The Bertz CT molecular complexity index is 486. The first kappa shape index (κ1) is 16.3. The first-order chi connectivity index (χ1) is 8.74. The maximum atomic E-state index is 12.2. The second kappa shape index (κ2) is 6.62. The molecule has 3 nitrogen and oxygen atoms in total. The number of alkyl halides is 1. The van der Waals surface area contributed by atoms with Gasteiger partial charge in [-0.2, -0.15) is 0 Å². The summed E-state index contributed by atoms with van der Waals surface area (Å²) in [6, 6.07) is 6.56. The van der Waals surface area contributed by atoms with E-state index in [-0.39, 0.29) is 11.2 Å². The van der Waals surface area contributed by atoms with Crippen molar-refractivity contribution in [2.45, 2.75) is 32.1 Å². The highest BCUT2D eigenvalue weighted by Gasteiger charge is 2.23. The Kier molecular flexibility index (Phi) is 5.68. The third kappa shape index (κ3) is 5.83. The van der Waals surface area contributed by atoms with Gasteiger partial charge in [-0.1, -0.05) is 20.8 Å². The average molecular weight is 305 g/mol. The van der Waals surface area contributed by atoms with E-state index < -0.39 is 9.84 Å². The van der Waals surface area contributed by atoms with Gasteiger partial charge in [-0.3, -0.25) is 0 Å². The Morgan fingerprint density at radius 3 is 2.21 bits per heavy atom. The Hall–Kier alpha value is -0.740. The van der Waals surface area contributed by atoms with Gasteiger partial charge in [-0.05, 0) is 36.1 Å². The number of hydrogen-bond acceptors (Lipinski definition) is 3. The fraction of sp³-hybridized carbons (Fsp3) is 0.571. The number of halogens is 1. The van der Waals surface area contributed by atoms with Crippen LogP contribution in [-0.4, -0.2) is 26.7 Å². The minimum absolute atomic E-state index is 0.131. The SMILES string of the molecule is CC(C)(C)CS(=O)(=O)c1ccc(OCCCCl)cc1. The molecule has 5 heteroatoms. The predicted octanol–water partition coefficient (Wildman–Crippen LogP) is 3.51. The van der Waals surface area contributed by atoms with E-state index in [1.165, 1.54) is 0 Å². The van der Waals surface area contributed by atoms with E-state index >= 15 is 0 Å². The fourth-order valence-corrected chi connectivity index (χ4v) is 3.61. The molecule has 0 N–H and O–H groups in total. The van der Waals surface area contributed by atoms with E-state index in [0.717, 1.165) is 6.42 Å². The first-order valence-corrected chi connectivity index (χ1v) is 8.45. The molecule has 19 heavy (non-hydrogen) atoms. The van der Waals surface area contributed by atoms with Crippen molar-refractivity contribution in [1.29, 1.82) is 0 Å². The second-order valence-electron chi connectivity index (χ2n) is 5.68. The molecule has 0 atom stereocenters. The standard InChI is InChI=1S/C14H21ClO3S/c1-14(2,3)11-19(16,17)13-7-5-12(6-8-13)18-10-4-9-15/h5-8H,4,9-11H2,1-3H3. The quantitative estimate of drug-likeness (QED) is 0.596. The molecular weight excluding hydrogens is 284 g/mol. The summed E-state index contributed by atoms with van der Waals surface area (Å²) >= 11 is 5.55. The van der Waals surface area contributed by atoms with Crippen LogP contribution in [0.5, 0.6) is 5.75 Å². The van der Waals surface area contributed by atoms with Crippen LogP contribution in [0, 0.1) is 5.41 Å². The normalized spacial score (nSPS) is 12.4. The van der Waals surface area contributed by atoms with E-state index in [4.69, 9.17) is 16.3 Å². The maximum Gasteiger partial charge on any atom is 0.178 e. The largest absolute Gasteiger partial charge is 0.494 e. The monoisotopic (exact) mass is 304 g/mol. The minimum Gasteiger partial charge on any atom is -0.494 e. The summed E-state index contributed by atoms with van der Waals surface area (Å²) in [4.78, 5) is 0.340. The molecule has 0 aliphatic rings. The molecule has 1 aromatic rings. The van der Waals surface area contributed by atoms with Crippen LogP contribution < -0.4 is 4.74 Å². The third-order valence-corrected chi connectivity index (χ3v) is 4.86. The number of sulfone groups is 1. The van der Waals surface area contributed by atoms with Crippen molar-refractivity contribution in [3.63, 3.8) is 0 Å². The van der Waals surface area contributed by atoms with Gasteiger partial charge < -0.3 is 4.74 Å². The van der Waals surface area contributed by atoms with Gasteiger partial charge in [0.15, 0.2) is 9.84 Å². The molecule has 0 amide bonds. The molecule has 0 heterocycles. The highest BCUT2D eigenvalue weighted by molar-refractivity contribution is 7.91. The third-order valence-electron chi connectivity index (χ3n) is 2.35. The summed E-state index contributed by atoms with van der Waals surface area (Å²) in [5.41, 5.74) is -0.256. The lowest BCUT2D eigenvalue weighted by atomic mass is 10.0. The van der Waals surface area contributed by atoms with Crippen LogP contribution in [0.15, 0.2) is 29.2 Å². The van der Waals surface area contributed by atoms with E-state index in [1.807, 2.05) is 20.8 Å². The molecule has 0 saturated heterocycles. The van der Waals surface area contributed by atoms with Gasteiger partial charge in [0.25, 0.3) is 0 Å². The molecule has 0 radical (unpaired) electrons. The summed E-state index contributed by atoms with van der Waals surface area (Å²) in [6.07, 6.45) is 0.769. The smallest absolute Gasteiger partial charge is 0.178 e. The molecule has 1 rings (SSSR count). The Morgan fingerprint density at radius 1 is 1.16 bits per heavy atom. The molecule has 1 aromatic carbocycles. The van der Waals surface area contributed by atoms with Crippen molar-refractivity contribution in [3.05, 3.63) is 24.3 Å². The number of hydrogen-bond donors (Lipinski definition) is 0. The first-order valence-electron chi connectivity index (χ1n) is 6.26. The molecule has 0 fully saturated rings. The van der Waals surface area contributed by atoms with E-state index in [0.29, 0.717) is 23.1 Å². The van der Waals surface area contributed by atoms with Gasteiger partial charge in [0.2, 0.25) is 0 Å². The van der Waals surface area contributed by atoms with E-state index in [9.17, 15) is 8.42 Å². The van der Waals surface area contributed by atoms with Crippen molar-refractivity contribution in [2.24, 2.45) is 5.41 Å². The number of rotatable bonds is 6. The maximum absolute atomic E-state index is 12.2. The van der Waals surface area contributed by atoms with Crippen LogP contribution in [0.4, 0.5) is 0 Å². The van der Waals surface area contributed by atoms with Crippen molar-refractivity contribution >= 4 is 21.4 Å². The van der Waals surface area contributed by atoms with Gasteiger partial charge in [0.05, 0.1) is 17.3 Å². The minimum atomic E-state index is -3.24. The summed E-state index contributed by atoms with van der Waals surface area (Å²) < 4.78 is 29.8. The molecular formula is C14H21ClO3S. The highest BCUT2D eigenvalue weighted by atomic mass is 35.5. The summed E-state index contributed by atoms with van der Waals surface area (Å²) in [7, 11) is -3.24. The lowest BCUT2D eigenvalue weighted by molar-refractivity contribution is 0.318. The average Bonchev–Trinajstić information content (AvgIpc) is 2.27. The molecule has 0 aliphatic carbocycles. The highest BCUT2D eigenvalue weighted by Crippen LogP contribution is 2.23. The Morgan fingerprint density at radius 2 is 1.74 bits per heavy atom. The topological polar surface area (TPSA) is 43.4 Å². The molecule has 0 aromatic heterocycles. The molecule has 0 aliphatic heterocycles.